The average molecular weight is 994 g/mol. The summed E-state index contributed by atoms with van der Waals surface area (Å²) >= 11 is 14.3. The summed E-state index contributed by atoms with van der Waals surface area (Å²) < 4.78 is 6.24. The molecule has 6 aromatic rings. The summed E-state index contributed by atoms with van der Waals surface area (Å²) in [6.45, 7) is 11.6. The van der Waals surface area contributed by atoms with E-state index >= 15 is 0 Å². The van der Waals surface area contributed by atoms with Crippen LogP contribution in [0, 0.1) is 17.8 Å². The van der Waals surface area contributed by atoms with Gasteiger partial charge < -0.3 is 30.7 Å². The molecule has 5 atom stereocenters. The third-order valence-corrected chi connectivity index (χ3v) is 15.0. The van der Waals surface area contributed by atoms with Crippen molar-refractivity contribution in [1.29, 1.82) is 0 Å². The maximum absolute atomic E-state index is 14.4. The first-order valence-electron chi connectivity index (χ1n) is 23.3. The van der Waals surface area contributed by atoms with E-state index in [4.69, 9.17) is 27.9 Å². The van der Waals surface area contributed by atoms with Crippen molar-refractivity contribution < 1.29 is 29.0 Å². The number of benzene rings is 3. The van der Waals surface area contributed by atoms with Gasteiger partial charge in [-0.2, -0.15) is 5.10 Å². The molecular weight excluding hydrogens is 936 g/mol. The molecule has 1 saturated heterocycles. The number of β-amino-alcohol motifs (C(OH)–C–C–N with tert-alkyl or cyclic N) is 1. The van der Waals surface area contributed by atoms with Crippen molar-refractivity contribution in [2.45, 2.75) is 110 Å². The number of nitrogens with zero attached hydrogens (tertiary/aromatic N) is 4. The summed E-state index contributed by atoms with van der Waals surface area (Å²) in [5, 5.41) is 29.3. The second-order valence-electron chi connectivity index (χ2n) is 19.6. The Balaban J connectivity index is 0.884. The topological polar surface area (TPSA) is 192 Å². The molecule has 5 N–H and O–H groups in total. The van der Waals surface area contributed by atoms with Gasteiger partial charge in [-0.05, 0) is 85.9 Å². The van der Waals surface area contributed by atoms with Crippen LogP contribution in [0.1, 0.15) is 112 Å². The molecule has 4 amide bonds. The van der Waals surface area contributed by atoms with Crippen LogP contribution in [-0.2, 0) is 14.4 Å². The van der Waals surface area contributed by atoms with Crippen LogP contribution < -0.4 is 20.7 Å². The zero-order valence-corrected chi connectivity index (χ0v) is 41.9. The fourth-order valence-electron chi connectivity index (χ4n) is 9.62. The Morgan fingerprint density at radius 3 is 2.29 bits per heavy atom. The van der Waals surface area contributed by atoms with Crippen LogP contribution in [0.2, 0.25) is 10.0 Å². The molecule has 0 spiro atoms. The zero-order valence-electron chi connectivity index (χ0n) is 39.6. The molecule has 17 heteroatoms. The molecule has 1 aliphatic heterocycles. The van der Waals surface area contributed by atoms with E-state index in [0.29, 0.717) is 32.6 Å². The van der Waals surface area contributed by atoms with E-state index in [1.807, 2.05) is 102 Å². The van der Waals surface area contributed by atoms with E-state index < -0.39 is 41.0 Å². The highest BCUT2D eigenvalue weighted by atomic mass is 35.5. The molecule has 2 aliphatic rings. The van der Waals surface area contributed by atoms with Crippen LogP contribution in [0.15, 0.2) is 84.6 Å². The summed E-state index contributed by atoms with van der Waals surface area (Å²) in [4.78, 5) is 66.8. The van der Waals surface area contributed by atoms with Gasteiger partial charge in [0.2, 0.25) is 17.7 Å². The molecule has 3 aromatic heterocycles. The predicted octanol–water partition coefficient (Wildman–Crippen LogP) is 9.55. The van der Waals surface area contributed by atoms with Crippen molar-refractivity contribution in [3.63, 3.8) is 0 Å². The summed E-state index contributed by atoms with van der Waals surface area (Å²) in [7, 11) is 0. The summed E-state index contributed by atoms with van der Waals surface area (Å²) in [6, 6.07) is 18.5. The second kappa shape index (κ2) is 20.6. The maximum Gasteiger partial charge on any atom is 0.251 e. The minimum atomic E-state index is -0.975. The Labute approximate surface area is 416 Å². The SMILES string of the molecule is Cc1ncsc1-c1ccc([C@H](C)NC(=O)[C@@H]2C[C@@H](O)CN2C(=O)[C@@H](NC(=O)CC2(CNC(=O)c3ccc(-c4n[nH]c5ccc(O[C@H](C)c6c(Cl)cncc6Cl)cc45)cc3)CCCC2)C(C)(C)C)cc1. The number of thiazole rings is 1. The van der Waals surface area contributed by atoms with Crippen molar-refractivity contribution in [3.05, 3.63) is 117 Å². The van der Waals surface area contributed by atoms with Gasteiger partial charge in [0, 0.05) is 60.4 Å². The van der Waals surface area contributed by atoms with E-state index in [1.54, 1.807) is 23.5 Å². The van der Waals surface area contributed by atoms with E-state index in [9.17, 15) is 24.3 Å². The number of halogens is 2. The number of aryl methyl sites for hydroxylation is 1. The highest BCUT2D eigenvalue weighted by Gasteiger charge is 2.46. The third kappa shape index (κ3) is 11.1. The highest BCUT2D eigenvalue weighted by molar-refractivity contribution is 7.13. The number of hydrogen-bond acceptors (Lipinski definition) is 10. The summed E-state index contributed by atoms with van der Waals surface area (Å²) in [5.74, 6) is -0.781. The number of aromatic amines is 1. The van der Waals surface area contributed by atoms with Gasteiger partial charge in [0.05, 0.1) is 43.8 Å². The van der Waals surface area contributed by atoms with Crippen molar-refractivity contribution in [1.82, 2.24) is 41.0 Å². The first-order chi connectivity index (χ1) is 32.9. The lowest BCUT2D eigenvalue weighted by Crippen LogP contribution is -2.58. The zero-order chi connectivity index (χ0) is 49.2. The maximum atomic E-state index is 14.4. The number of H-pyrrole nitrogens is 1. The van der Waals surface area contributed by atoms with Crippen LogP contribution in [0.25, 0.3) is 32.6 Å². The van der Waals surface area contributed by atoms with Crippen LogP contribution in [0.5, 0.6) is 5.75 Å². The lowest BCUT2D eigenvalue weighted by Gasteiger charge is -2.36. The average Bonchev–Trinajstić information content (AvgIpc) is 4.14. The number of ether oxygens (including phenoxy) is 1. The van der Waals surface area contributed by atoms with Crippen molar-refractivity contribution >= 4 is 69.1 Å². The molecule has 0 radical (unpaired) electrons. The number of carbonyl (C=O) groups excluding carboxylic acids is 4. The number of fused-ring (bicyclic) bond motifs is 1. The van der Waals surface area contributed by atoms with E-state index in [1.165, 1.54) is 17.3 Å². The van der Waals surface area contributed by atoms with Gasteiger partial charge in [0.15, 0.2) is 0 Å². The number of amides is 4. The van der Waals surface area contributed by atoms with Gasteiger partial charge in [-0.1, -0.05) is 93.2 Å². The minimum Gasteiger partial charge on any atom is -0.486 e. The molecule has 2 fully saturated rings. The van der Waals surface area contributed by atoms with Crippen LogP contribution in [0.3, 0.4) is 0 Å². The highest BCUT2D eigenvalue weighted by Crippen LogP contribution is 2.41. The summed E-state index contributed by atoms with van der Waals surface area (Å²) in [5.41, 5.74) is 6.87. The Hall–Kier alpha value is -5.87. The van der Waals surface area contributed by atoms with Gasteiger partial charge >= 0.3 is 0 Å². The van der Waals surface area contributed by atoms with Crippen molar-refractivity contribution in [2.24, 2.45) is 10.8 Å². The molecule has 69 heavy (non-hydrogen) atoms. The Kier molecular flexibility index (Phi) is 14.8. The number of aromatic nitrogens is 4. The molecule has 362 valence electrons. The number of rotatable bonds is 15. The predicted molar refractivity (Wildman–Crippen MR) is 269 cm³/mol. The first kappa shape index (κ1) is 49.5. The van der Waals surface area contributed by atoms with Crippen LogP contribution in [-0.4, -0.2) is 85.1 Å². The number of pyridine rings is 1. The number of likely N-dealkylation sites (tertiary alicyclic amines) is 1. The molecule has 4 heterocycles. The quantitative estimate of drug-likeness (QED) is 0.0667. The molecule has 1 aliphatic carbocycles. The molecule has 0 bridgehead atoms. The molecular formula is C52H58Cl2N8O6S. The lowest BCUT2D eigenvalue weighted by molar-refractivity contribution is -0.144. The van der Waals surface area contributed by atoms with Gasteiger partial charge in [-0.15, -0.1) is 11.3 Å². The molecule has 14 nitrogen and oxygen atoms in total. The van der Waals surface area contributed by atoms with Crippen molar-refractivity contribution in [3.8, 4) is 27.4 Å². The number of hydrogen-bond donors (Lipinski definition) is 5. The van der Waals surface area contributed by atoms with E-state index in [0.717, 1.165) is 63.8 Å². The Morgan fingerprint density at radius 1 is 0.957 bits per heavy atom. The van der Waals surface area contributed by atoms with E-state index in [-0.39, 0.29) is 49.7 Å². The number of aliphatic hydroxyl groups excluding tert-OH is 1. The molecule has 3 aromatic carbocycles. The van der Waals surface area contributed by atoms with Crippen LogP contribution in [0.4, 0.5) is 0 Å². The van der Waals surface area contributed by atoms with Crippen LogP contribution >= 0.6 is 34.5 Å². The number of nitrogens with one attached hydrogen (secondary N) is 4. The lowest BCUT2D eigenvalue weighted by atomic mass is 9.81. The Morgan fingerprint density at radius 2 is 1.64 bits per heavy atom. The monoisotopic (exact) mass is 992 g/mol. The second-order valence-corrected chi connectivity index (χ2v) is 21.3. The van der Waals surface area contributed by atoms with Gasteiger partial charge in [0.1, 0.15) is 29.6 Å². The Bertz CT molecular complexity index is 2820. The summed E-state index contributed by atoms with van der Waals surface area (Å²) in [6.07, 6.45) is 5.19. The molecule has 1 saturated carbocycles. The molecule has 0 unspecified atom stereocenters. The normalized spacial score (nSPS) is 18.1. The van der Waals surface area contributed by atoms with Gasteiger partial charge in [0.25, 0.3) is 5.91 Å². The van der Waals surface area contributed by atoms with Crippen molar-refractivity contribution in [2.75, 3.05) is 13.1 Å². The third-order valence-electron chi connectivity index (χ3n) is 13.4. The first-order valence-corrected chi connectivity index (χ1v) is 24.9. The minimum absolute atomic E-state index is 0.0270. The smallest absolute Gasteiger partial charge is 0.251 e. The van der Waals surface area contributed by atoms with Gasteiger partial charge in [-0.3, -0.25) is 29.3 Å². The van der Waals surface area contributed by atoms with Gasteiger partial charge in [-0.25, -0.2) is 4.98 Å². The number of aliphatic hydroxyl groups is 1. The van der Waals surface area contributed by atoms with E-state index in [2.05, 4.69) is 36.1 Å². The molecule has 8 rings (SSSR count). The fraction of sp³-hybridized carbons (Fsp3) is 0.404. The fourth-order valence-corrected chi connectivity index (χ4v) is 11.1. The largest absolute Gasteiger partial charge is 0.486 e. The standard InChI is InChI=1S/C52H58Cl2N8O6S/c1-29(32-9-13-34(14-10-32)46-30(2)57-28-69-46)58-49(66)42-21-36(63)26-62(42)50(67)47(51(4,5)6)59-43(64)23-52(19-7-8-20-52)27-56-48(65)35-15-11-33(12-16-35)45-38-22-37(17-18-41(38)60-61-45)68-31(3)44-39(53)24-55-25-40(44)54/h9-18,22,24-25,28-29,31,36,42,47,63H,7-8,19-21,23,26-27H2,1-6H3,(H,56,65)(H,58,66)(H,59,64)(H,60,61)/t29-,31+,36+,42-,47+/m0/s1. The number of carbonyl (C=O) groups is 4.